The Balaban J connectivity index is 1.68. The van der Waals surface area contributed by atoms with Crippen molar-refractivity contribution in [2.24, 2.45) is 17.3 Å². The number of hydrogen-bond acceptors (Lipinski definition) is 4. The van der Waals surface area contributed by atoms with Gasteiger partial charge >= 0.3 is 0 Å². The molecule has 2 saturated carbocycles. The smallest absolute Gasteiger partial charge is 0.162 e. The highest BCUT2D eigenvalue weighted by Crippen LogP contribution is 2.67. The molecule has 4 nitrogen and oxygen atoms in total. The molecule has 5 rings (SSSR count). The van der Waals surface area contributed by atoms with Gasteiger partial charge in [-0.15, -0.1) is 0 Å². The van der Waals surface area contributed by atoms with Crippen LogP contribution in [0.3, 0.4) is 0 Å². The molecule has 1 aromatic rings. The Morgan fingerprint density at radius 1 is 1.09 bits per heavy atom. The largest absolute Gasteiger partial charge is 0.378 e. The number of Topliss-reactive ketones (excluding diaryl/α,β-unsaturated/α-hetero) is 1. The van der Waals surface area contributed by atoms with Crippen molar-refractivity contribution in [3.8, 4) is 0 Å². The van der Waals surface area contributed by atoms with E-state index < -0.39 is 5.60 Å². The van der Waals surface area contributed by atoms with Crippen LogP contribution >= 0.6 is 0 Å². The van der Waals surface area contributed by atoms with Gasteiger partial charge in [0.25, 0.3) is 0 Å². The van der Waals surface area contributed by atoms with Gasteiger partial charge in [-0.1, -0.05) is 24.6 Å². The van der Waals surface area contributed by atoms with Gasteiger partial charge in [0, 0.05) is 44.6 Å². The Kier molecular flexibility index (Phi) is 5.43. The number of benzene rings is 1. The molecule has 0 spiro atoms. The molecule has 0 heterocycles. The van der Waals surface area contributed by atoms with Crippen molar-refractivity contribution in [1.82, 2.24) is 0 Å². The Hall–Kier alpha value is -2.20. The summed E-state index contributed by atoms with van der Waals surface area (Å²) in [5.41, 5.74) is 5.91. The predicted molar refractivity (Wildman–Crippen MR) is 131 cm³/mol. The summed E-state index contributed by atoms with van der Waals surface area (Å²) in [6, 6.07) is 8.96. The summed E-state index contributed by atoms with van der Waals surface area (Å²) in [7, 11) is 5.87. The Morgan fingerprint density at radius 2 is 1.82 bits per heavy atom. The third-order valence-electron chi connectivity index (χ3n) is 9.58. The van der Waals surface area contributed by atoms with E-state index in [9.17, 15) is 9.59 Å². The topological polar surface area (TPSA) is 46.6 Å². The number of methoxy groups -OCH3 is 1. The normalized spacial score (nSPS) is 35.5. The summed E-state index contributed by atoms with van der Waals surface area (Å²) in [4.78, 5) is 27.4. The van der Waals surface area contributed by atoms with Crippen LogP contribution in [0.4, 0.5) is 5.69 Å². The lowest BCUT2D eigenvalue weighted by Gasteiger charge is -2.55. The first kappa shape index (κ1) is 22.6. The molecule has 1 aromatic carbocycles. The number of fused-ring (bicyclic) bond motifs is 4. The van der Waals surface area contributed by atoms with Crippen LogP contribution < -0.4 is 4.90 Å². The number of ketones is 2. The van der Waals surface area contributed by atoms with Crippen LogP contribution in [0.1, 0.15) is 70.3 Å². The third kappa shape index (κ3) is 3.20. The van der Waals surface area contributed by atoms with Gasteiger partial charge in [0.2, 0.25) is 0 Å². The lowest BCUT2D eigenvalue weighted by molar-refractivity contribution is -0.160. The van der Waals surface area contributed by atoms with Crippen LogP contribution in [-0.2, 0) is 14.3 Å². The molecule has 0 aliphatic heterocycles. The summed E-state index contributed by atoms with van der Waals surface area (Å²) >= 11 is 0. The lowest BCUT2D eigenvalue weighted by Crippen LogP contribution is -2.56. The van der Waals surface area contributed by atoms with Gasteiger partial charge in [0.05, 0.1) is 0 Å². The van der Waals surface area contributed by atoms with Gasteiger partial charge in [-0.25, -0.2) is 0 Å². The van der Waals surface area contributed by atoms with Gasteiger partial charge in [0.1, 0.15) is 5.60 Å². The zero-order chi connectivity index (χ0) is 23.5. The van der Waals surface area contributed by atoms with E-state index in [0.717, 1.165) is 38.5 Å². The molecular weight excluding hydrogens is 410 g/mol. The molecule has 176 valence electrons. The van der Waals surface area contributed by atoms with E-state index in [1.807, 2.05) is 6.08 Å². The van der Waals surface area contributed by atoms with Crippen LogP contribution in [0.2, 0.25) is 0 Å². The van der Waals surface area contributed by atoms with Crippen LogP contribution in [-0.4, -0.2) is 38.4 Å². The second-order valence-corrected chi connectivity index (χ2v) is 11.1. The SMILES string of the molecule is CO[C@]1(C(C)=O)CC[C@H]2[C@@H]3CCC4=CC(=O)CCC4=C3[C@@H](c3ccc(N(C)C)cc3)C[C@@]21C. The first-order chi connectivity index (χ1) is 15.7. The van der Waals surface area contributed by atoms with Gasteiger partial charge in [0.15, 0.2) is 11.6 Å². The molecule has 0 saturated heterocycles. The minimum Gasteiger partial charge on any atom is -0.378 e. The Labute approximate surface area is 198 Å². The molecule has 0 N–H and O–H groups in total. The molecule has 2 fully saturated rings. The van der Waals surface area contributed by atoms with E-state index in [4.69, 9.17) is 4.74 Å². The average Bonchev–Trinajstić information content (AvgIpc) is 3.11. The second kappa shape index (κ2) is 7.94. The van der Waals surface area contributed by atoms with Crippen LogP contribution in [0, 0.1) is 17.3 Å². The summed E-state index contributed by atoms with van der Waals surface area (Å²) in [5.74, 6) is 1.61. The zero-order valence-corrected chi connectivity index (χ0v) is 20.7. The van der Waals surface area contributed by atoms with Crippen molar-refractivity contribution >= 4 is 17.3 Å². The van der Waals surface area contributed by atoms with Crippen molar-refractivity contribution in [3.05, 3.63) is 52.6 Å². The first-order valence-electron chi connectivity index (χ1n) is 12.5. The maximum Gasteiger partial charge on any atom is 0.162 e. The number of rotatable bonds is 4. The summed E-state index contributed by atoms with van der Waals surface area (Å²) < 4.78 is 6.14. The molecular formula is C29H37NO3. The molecule has 0 unspecified atom stereocenters. The maximum absolute atomic E-state index is 13.1. The molecule has 0 radical (unpaired) electrons. The minimum absolute atomic E-state index is 0.174. The third-order valence-corrected chi connectivity index (χ3v) is 9.58. The second-order valence-electron chi connectivity index (χ2n) is 11.1. The zero-order valence-electron chi connectivity index (χ0n) is 20.7. The molecule has 33 heavy (non-hydrogen) atoms. The summed E-state index contributed by atoms with van der Waals surface area (Å²) in [6.45, 7) is 4.05. The fraction of sp³-hybridized carbons (Fsp3) is 0.586. The van der Waals surface area contributed by atoms with Crippen molar-refractivity contribution < 1.29 is 14.3 Å². The molecule has 0 aromatic heterocycles. The highest BCUT2D eigenvalue weighted by Gasteiger charge is 2.65. The van der Waals surface area contributed by atoms with E-state index in [0.29, 0.717) is 18.3 Å². The minimum atomic E-state index is -0.700. The quantitative estimate of drug-likeness (QED) is 0.600. The van der Waals surface area contributed by atoms with E-state index >= 15 is 0 Å². The van der Waals surface area contributed by atoms with Crippen LogP contribution in [0.15, 0.2) is 47.1 Å². The number of nitrogens with zero attached hydrogens (tertiary/aromatic N) is 1. The average molecular weight is 448 g/mol. The van der Waals surface area contributed by atoms with Crippen LogP contribution in [0.25, 0.3) is 0 Å². The predicted octanol–water partition coefficient (Wildman–Crippen LogP) is 5.63. The summed E-state index contributed by atoms with van der Waals surface area (Å²) in [6.07, 6.45) is 8.24. The molecule has 4 heteroatoms. The van der Waals surface area contributed by atoms with Gasteiger partial charge in [-0.05, 0) is 92.2 Å². The van der Waals surface area contributed by atoms with E-state index in [2.05, 4.69) is 50.2 Å². The van der Waals surface area contributed by atoms with Gasteiger partial charge in [-0.3, -0.25) is 9.59 Å². The molecule has 4 aliphatic carbocycles. The van der Waals surface area contributed by atoms with Crippen molar-refractivity contribution in [2.75, 3.05) is 26.1 Å². The fourth-order valence-electron chi connectivity index (χ4n) is 8.01. The van der Waals surface area contributed by atoms with Crippen molar-refractivity contribution in [1.29, 1.82) is 0 Å². The highest BCUT2D eigenvalue weighted by atomic mass is 16.5. The number of carbonyl (C=O) groups excluding carboxylic acids is 2. The Morgan fingerprint density at radius 3 is 2.45 bits per heavy atom. The van der Waals surface area contributed by atoms with Gasteiger partial charge < -0.3 is 9.64 Å². The number of anilines is 1. The molecule has 0 bridgehead atoms. The van der Waals surface area contributed by atoms with Gasteiger partial charge in [-0.2, -0.15) is 0 Å². The molecule has 0 amide bonds. The number of ether oxygens (including phenoxy) is 1. The lowest BCUT2D eigenvalue weighted by atomic mass is 9.50. The van der Waals surface area contributed by atoms with Crippen molar-refractivity contribution in [3.63, 3.8) is 0 Å². The highest BCUT2D eigenvalue weighted by molar-refractivity contribution is 5.93. The number of hydrogen-bond donors (Lipinski definition) is 0. The standard InChI is InChI=1S/C29H37NO3/c1-18(31)29(33-5)15-14-26-24-12-8-20-16-22(32)11-13-23(20)27(24)25(17-28(26,29)2)19-6-9-21(10-7-19)30(3)4/h6-7,9-10,16,24-26H,8,11-15,17H2,1-5H3/t24-,25+,26-,28-,29-/m0/s1. The van der Waals surface area contributed by atoms with E-state index in [-0.39, 0.29) is 22.9 Å². The van der Waals surface area contributed by atoms with Crippen molar-refractivity contribution in [2.45, 2.75) is 70.3 Å². The summed E-state index contributed by atoms with van der Waals surface area (Å²) in [5, 5.41) is 0. The Bertz CT molecular complexity index is 1050. The first-order valence-corrected chi connectivity index (χ1v) is 12.5. The molecule has 4 aliphatic rings. The monoisotopic (exact) mass is 447 g/mol. The number of allylic oxidation sites excluding steroid dienone is 4. The molecule has 5 atom stereocenters. The van der Waals surface area contributed by atoms with E-state index in [1.54, 1.807) is 19.6 Å². The fourth-order valence-corrected chi connectivity index (χ4v) is 8.01. The van der Waals surface area contributed by atoms with E-state index in [1.165, 1.54) is 22.4 Å². The van der Waals surface area contributed by atoms with Crippen LogP contribution in [0.5, 0.6) is 0 Å². The maximum atomic E-state index is 13.1. The number of carbonyl (C=O) groups is 2.